The van der Waals surface area contributed by atoms with Crippen LogP contribution >= 0.6 is 22.6 Å². The Hall–Kier alpha value is -0.143. The molecule has 0 amide bonds. The van der Waals surface area contributed by atoms with Crippen molar-refractivity contribution in [2.75, 3.05) is 6.61 Å². The molecular weight excluding hydrogens is 383 g/mol. The average molecular weight is 410 g/mol. The number of hydrogen-bond donors (Lipinski definition) is 0. The van der Waals surface area contributed by atoms with Gasteiger partial charge in [-0.05, 0) is 41.6 Å². The molecular formula is C15H27IO3Si. The quantitative estimate of drug-likeness (QED) is 0.180. The molecule has 5 heteroatoms. The summed E-state index contributed by atoms with van der Waals surface area (Å²) in [4.78, 5) is 12.1. The molecule has 0 radical (unpaired) electrons. The topological polar surface area (TPSA) is 35.5 Å². The number of esters is 1. The molecule has 0 fully saturated rings. The summed E-state index contributed by atoms with van der Waals surface area (Å²) in [6.45, 7) is 14.6. The minimum absolute atomic E-state index is 0.305. The van der Waals surface area contributed by atoms with E-state index in [2.05, 4.69) is 49.9 Å². The maximum Gasteiger partial charge on any atom is 0.337 e. The van der Waals surface area contributed by atoms with E-state index in [1.807, 2.05) is 13.8 Å². The van der Waals surface area contributed by atoms with Crippen molar-refractivity contribution in [3.8, 4) is 0 Å². The zero-order chi connectivity index (χ0) is 15.8. The Morgan fingerprint density at radius 3 is 2.05 bits per heavy atom. The van der Waals surface area contributed by atoms with Gasteiger partial charge in [-0.15, -0.1) is 0 Å². The van der Waals surface area contributed by atoms with E-state index in [4.69, 9.17) is 9.16 Å². The van der Waals surface area contributed by atoms with Crippen molar-refractivity contribution in [2.45, 2.75) is 58.9 Å². The second-order valence-electron chi connectivity index (χ2n) is 4.87. The number of ether oxygens (including phenoxy) is 1. The van der Waals surface area contributed by atoms with E-state index in [1.54, 1.807) is 4.08 Å². The van der Waals surface area contributed by atoms with Crippen LogP contribution in [0.3, 0.4) is 0 Å². The maximum absolute atomic E-state index is 12.1. The predicted molar refractivity (Wildman–Crippen MR) is 95.6 cm³/mol. The summed E-state index contributed by atoms with van der Waals surface area (Å²) < 4.78 is 13.3. The van der Waals surface area contributed by atoms with Crippen molar-refractivity contribution in [3.63, 3.8) is 0 Å². The molecule has 0 saturated heterocycles. The van der Waals surface area contributed by atoms with Crippen LogP contribution in [-0.4, -0.2) is 27.0 Å². The van der Waals surface area contributed by atoms with Gasteiger partial charge in [-0.2, -0.15) is 0 Å². The predicted octanol–water partition coefficient (Wildman–Crippen LogP) is 4.83. The lowest BCUT2D eigenvalue weighted by Crippen LogP contribution is -2.42. The third-order valence-electron chi connectivity index (χ3n) is 3.66. The molecule has 0 aromatic carbocycles. The summed E-state index contributed by atoms with van der Waals surface area (Å²) in [6.07, 6.45) is -0.350. The largest absolute Gasteiger partial charge is 0.463 e. The number of carbonyl (C=O) groups excluding carboxylic acids is 1. The summed E-state index contributed by atoms with van der Waals surface area (Å²) in [7, 11) is -1.80. The summed E-state index contributed by atoms with van der Waals surface area (Å²) in [5.41, 5.74) is 1.42. The Morgan fingerprint density at radius 2 is 1.75 bits per heavy atom. The van der Waals surface area contributed by atoms with Crippen LogP contribution in [0, 0.1) is 0 Å². The highest BCUT2D eigenvalue weighted by Gasteiger charge is 2.35. The monoisotopic (exact) mass is 410 g/mol. The van der Waals surface area contributed by atoms with E-state index in [0.717, 1.165) is 23.7 Å². The fourth-order valence-electron chi connectivity index (χ4n) is 2.10. The highest BCUT2D eigenvalue weighted by Crippen LogP contribution is 2.29. The summed E-state index contributed by atoms with van der Waals surface area (Å²) >= 11 is 2.07. The minimum atomic E-state index is -1.80. The molecule has 1 unspecified atom stereocenters. The molecule has 0 aliphatic carbocycles. The van der Waals surface area contributed by atoms with E-state index < -0.39 is 8.32 Å². The first-order valence-electron chi connectivity index (χ1n) is 7.21. The minimum Gasteiger partial charge on any atom is -0.463 e. The lowest BCUT2D eigenvalue weighted by molar-refractivity contribution is -0.139. The zero-order valence-corrected chi connectivity index (χ0v) is 16.5. The number of rotatable bonds is 9. The Kier molecular flexibility index (Phi) is 9.66. The Morgan fingerprint density at radius 1 is 1.25 bits per heavy atom. The molecule has 0 N–H and O–H groups in total. The van der Waals surface area contributed by atoms with Gasteiger partial charge in [-0.25, -0.2) is 4.79 Å². The smallest absolute Gasteiger partial charge is 0.337 e. The second-order valence-corrected chi connectivity index (χ2v) is 10.2. The van der Waals surface area contributed by atoms with Crippen LogP contribution in [0.5, 0.6) is 0 Å². The fraction of sp³-hybridized carbons (Fsp3) is 0.667. The molecule has 0 aliphatic heterocycles. The Labute approximate surface area is 138 Å². The third kappa shape index (κ3) is 5.33. The van der Waals surface area contributed by atoms with Crippen molar-refractivity contribution in [2.24, 2.45) is 0 Å². The van der Waals surface area contributed by atoms with Crippen LogP contribution in [0.25, 0.3) is 0 Å². The van der Waals surface area contributed by atoms with Gasteiger partial charge in [-0.3, -0.25) is 0 Å². The molecule has 0 aliphatic rings. The summed E-state index contributed by atoms with van der Waals surface area (Å²) in [5.74, 6) is -0.305. The van der Waals surface area contributed by atoms with Crippen LogP contribution in [0.1, 0.15) is 34.6 Å². The van der Waals surface area contributed by atoms with Gasteiger partial charge in [0.15, 0.2) is 8.32 Å². The van der Waals surface area contributed by atoms with E-state index in [-0.39, 0.29) is 12.1 Å². The standard InChI is InChI=1S/C15H27IO3Si/c1-7-18-15(17)13(11-16)14(12(5)6)19-20(8-2,9-3)10-4/h11,14H,5,7-10H2,1-4,6H3. The van der Waals surface area contributed by atoms with Crippen molar-refractivity contribution >= 4 is 36.9 Å². The van der Waals surface area contributed by atoms with Crippen LogP contribution in [0.2, 0.25) is 18.1 Å². The summed E-state index contributed by atoms with van der Waals surface area (Å²) in [5, 5.41) is 0. The van der Waals surface area contributed by atoms with Crippen LogP contribution in [0.15, 0.2) is 21.8 Å². The van der Waals surface area contributed by atoms with Crippen LogP contribution < -0.4 is 0 Å². The zero-order valence-electron chi connectivity index (χ0n) is 13.3. The molecule has 0 rings (SSSR count). The highest BCUT2D eigenvalue weighted by atomic mass is 127. The SMILES string of the molecule is C=C(C)C(O[Si](CC)(CC)CC)C(=CI)C(=O)OCC. The number of carbonyl (C=O) groups is 1. The molecule has 116 valence electrons. The molecule has 0 saturated carbocycles. The second kappa shape index (κ2) is 9.73. The van der Waals surface area contributed by atoms with Gasteiger partial charge in [0, 0.05) is 0 Å². The molecule has 3 nitrogen and oxygen atoms in total. The van der Waals surface area contributed by atoms with Gasteiger partial charge in [-0.1, -0.05) is 49.9 Å². The molecule has 20 heavy (non-hydrogen) atoms. The third-order valence-corrected chi connectivity index (χ3v) is 8.93. The van der Waals surface area contributed by atoms with Crippen LogP contribution in [0.4, 0.5) is 0 Å². The van der Waals surface area contributed by atoms with Crippen molar-refractivity contribution < 1.29 is 14.0 Å². The van der Waals surface area contributed by atoms with Gasteiger partial charge >= 0.3 is 5.97 Å². The van der Waals surface area contributed by atoms with Gasteiger partial charge in [0.25, 0.3) is 0 Å². The highest BCUT2D eigenvalue weighted by molar-refractivity contribution is 14.1. The van der Waals surface area contributed by atoms with E-state index >= 15 is 0 Å². The van der Waals surface area contributed by atoms with Crippen molar-refractivity contribution in [1.29, 1.82) is 0 Å². The van der Waals surface area contributed by atoms with E-state index in [0.29, 0.717) is 12.2 Å². The lowest BCUT2D eigenvalue weighted by atomic mass is 10.1. The first-order valence-corrected chi connectivity index (χ1v) is 11.0. The number of hydrogen-bond acceptors (Lipinski definition) is 3. The summed E-state index contributed by atoms with van der Waals surface area (Å²) in [6, 6.07) is 3.13. The van der Waals surface area contributed by atoms with E-state index in [1.165, 1.54) is 0 Å². The van der Waals surface area contributed by atoms with Gasteiger partial charge in [0.2, 0.25) is 0 Å². The first-order chi connectivity index (χ1) is 9.41. The molecule has 0 heterocycles. The molecule has 0 aromatic rings. The van der Waals surface area contributed by atoms with Gasteiger partial charge < -0.3 is 9.16 Å². The molecule has 0 spiro atoms. The Balaban J connectivity index is 5.34. The lowest BCUT2D eigenvalue weighted by Gasteiger charge is -2.34. The van der Waals surface area contributed by atoms with Gasteiger partial charge in [0.1, 0.15) is 0 Å². The van der Waals surface area contributed by atoms with E-state index in [9.17, 15) is 4.79 Å². The van der Waals surface area contributed by atoms with Crippen molar-refractivity contribution in [3.05, 3.63) is 21.8 Å². The normalized spacial score (nSPS) is 14.0. The fourth-order valence-corrected chi connectivity index (χ4v) is 5.51. The van der Waals surface area contributed by atoms with Crippen LogP contribution in [-0.2, 0) is 14.0 Å². The van der Waals surface area contributed by atoms with Gasteiger partial charge in [0.05, 0.1) is 18.3 Å². The Bertz CT molecular complexity index is 354. The maximum atomic E-state index is 12.1. The molecule has 0 bridgehead atoms. The first kappa shape index (κ1) is 19.9. The van der Waals surface area contributed by atoms with Crippen molar-refractivity contribution in [1.82, 2.24) is 0 Å². The number of halogens is 1. The molecule has 1 atom stereocenters. The molecule has 0 aromatic heterocycles. The average Bonchev–Trinajstić information content (AvgIpc) is 2.44.